The Kier molecular flexibility index (Phi) is 8.76. The molecule has 0 aliphatic carbocycles. The minimum absolute atomic E-state index is 0.0948. The number of hydrogen-bond donors (Lipinski definition) is 2. The zero-order chi connectivity index (χ0) is 28.8. The molecule has 4 aromatic rings. The first-order valence-electron chi connectivity index (χ1n) is 11.8. The zero-order valence-corrected chi connectivity index (χ0v) is 23.0. The SMILES string of the molecule is COC[C@H](C)Oc1c(-c2c(OC)cccc2OC)cc(C(=O)Nc2nnc(-n3nccc3NC(C)=O)s2)oc1=O. The minimum Gasteiger partial charge on any atom is -0.496 e. The zero-order valence-electron chi connectivity index (χ0n) is 22.2. The van der Waals surface area contributed by atoms with Crippen LogP contribution >= 0.6 is 11.3 Å². The molecule has 0 saturated heterocycles. The molecule has 1 atom stereocenters. The Hall–Kier alpha value is -4.76. The summed E-state index contributed by atoms with van der Waals surface area (Å²) in [5, 5.41) is 17.6. The summed E-state index contributed by atoms with van der Waals surface area (Å²) < 4.78 is 28.7. The summed E-state index contributed by atoms with van der Waals surface area (Å²) >= 11 is 0.985. The molecule has 2 N–H and O–H groups in total. The Morgan fingerprint density at radius 2 is 1.82 bits per heavy atom. The Balaban J connectivity index is 1.72. The van der Waals surface area contributed by atoms with Crippen molar-refractivity contribution in [1.82, 2.24) is 20.0 Å². The monoisotopic (exact) mass is 570 g/mol. The second-order valence-electron chi connectivity index (χ2n) is 8.22. The summed E-state index contributed by atoms with van der Waals surface area (Å²) in [7, 11) is 4.44. The van der Waals surface area contributed by atoms with Gasteiger partial charge in [0.2, 0.25) is 21.9 Å². The van der Waals surface area contributed by atoms with Crippen LogP contribution in [0.2, 0.25) is 0 Å². The van der Waals surface area contributed by atoms with Crippen LogP contribution < -0.4 is 30.5 Å². The number of rotatable bonds is 11. The van der Waals surface area contributed by atoms with Gasteiger partial charge in [-0.3, -0.25) is 14.9 Å². The molecular weight excluding hydrogens is 544 g/mol. The Morgan fingerprint density at radius 3 is 2.48 bits per heavy atom. The lowest BCUT2D eigenvalue weighted by atomic mass is 10.0. The Bertz CT molecular complexity index is 1560. The first kappa shape index (κ1) is 28.3. The smallest absolute Gasteiger partial charge is 0.379 e. The van der Waals surface area contributed by atoms with Crippen LogP contribution in [-0.2, 0) is 9.53 Å². The number of amides is 2. The molecule has 0 unspecified atom stereocenters. The molecule has 0 spiro atoms. The van der Waals surface area contributed by atoms with Gasteiger partial charge >= 0.3 is 5.63 Å². The molecule has 0 saturated carbocycles. The number of nitrogens with one attached hydrogen (secondary N) is 2. The Labute approximate surface area is 231 Å². The van der Waals surface area contributed by atoms with E-state index in [1.165, 1.54) is 45.2 Å². The molecule has 0 fully saturated rings. The first-order valence-corrected chi connectivity index (χ1v) is 12.6. The molecule has 1 aromatic carbocycles. The molecule has 210 valence electrons. The van der Waals surface area contributed by atoms with Crippen molar-refractivity contribution in [3.8, 4) is 33.5 Å². The van der Waals surface area contributed by atoms with E-state index in [1.807, 2.05) is 0 Å². The summed E-state index contributed by atoms with van der Waals surface area (Å²) in [6, 6.07) is 8.03. The van der Waals surface area contributed by atoms with Crippen LogP contribution in [0.1, 0.15) is 24.4 Å². The van der Waals surface area contributed by atoms with Gasteiger partial charge in [-0.25, -0.2) is 4.79 Å². The van der Waals surface area contributed by atoms with E-state index in [0.29, 0.717) is 22.9 Å². The van der Waals surface area contributed by atoms with Crippen molar-refractivity contribution in [1.29, 1.82) is 0 Å². The van der Waals surface area contributed by atoms with Crippen molar-refractivity contribution in [2.45, 2.75) is 20.0 Å². The number of hydrogen-bond acceptors (Lipinski definition) is 12. The maximum Gasteiger partial charge on any atom is 0.379 e. The fourth-order valence-corrected chi connectivity index (χ4v) is 4.43. The van der Waals surface area contributed by atoms with E-state index in [4.69, 9.17) is 23.4 Å². The van der Waals surface area contributed by atoms with E-state index in [0.717, 1.165) is 11.3 Å². The van der Waals surface area contributed by atoms with Gasteiger partial charge < -0.3 is 28.7 Å². The molecule has 3 aromatic heterocycles. The maximum absolute atomic E-state index is 13.2. The topological polar surface area (TPSA) is 169 Å². The summed E-state index contributed by atoms with van der Waals surface area (Å²) in [6.45, 7) is 3.28. The molecule has 40 heavy (non-hydrogen) atoms. The van der Waals surface area contributed by atoms with Crippen LogP contribution in [0.4, 0.5) is 10.9 Å². The summed E-state index contributed by atoms with van der Waals surface area (Å²) in [5.74, 6) is -0.399. The number of ether oxygens (including phenoxy) is 4. The number of nitrogens with zero attached hydrogens (tertiary/aromatic N) is 4. The lowest BCUT2D eigenvalue weighted by Gasteiger charge is -2.19. The quantitative estimate of drug-likeness (QED) is 0.272. The summed E-state index contributed by atoms with van der Waals surface area (Å²) in [6.07, 6.45) is 0.959. The number of carbonyl (C=O) groups is 2. The highest BCUT2D eigenvalue weighted by Crippen LogP contribution is 2.42. The van der Waals surface area contributed by atoms with Crippen molar-refractivity contribution in [3.05, 3.63) is 52.7 Å². The van der Waals surface area contributed by atoms with Gasteiger partial charge in [0, 0.05) is 25.7 Å². The largest absolute Gasteiger partial charge is 0.496 e. The lowest BCUT2D eigenvalue weighted by molar-refractivity contribution is -0.114. The molecule has 3 heterocycles. The van der Waals surface area contributed by atoms with E-state index >= 15 is 0 Å². The highest BCUT2D eigenvalue weighted by Gasteiger charge is 2.26. The molecule has 15 heteroatoms. The number of aromatic nitrogens is 4. The van der Waals surface area contributed by atoms with Gasteiger partial charge in [-0.15, -0.1) is 10.2 Å². The van der Waals surface area contributed by atoms with E-state index in [-0.39, 0.29) is 39.9 Å². The predicted molar refractivity (Wildman–Crippen MR) is 145 cm³/mol. The molecule has 2 amide bonds. The van der Waals surface area contributed by atoms with Crippen LogP contribution in [-0.4, -0.2) is 65.8 Å². The van der Waals surface area contributed by atoms with Gasteiger partial charge in [-0.2, -0.15) is 9.78 Å². The van der Waals surface area contributed by atoms with Crippen molar-refractivity contribution in [3.63, 3.8) is 0 Å². The Morgan fingerprint density at radius 1 is 1.10 bits per heavy atom. The maximum atomic E-state index is 13.2. The van der Waals surface area contributed by atoms with Crippen LogP contribution in [0.3, 0.4) is 0 Å². The average molecular weight is 571 g/mol. The van der Waals surface area contributed by atoms with Gasteiger partial charge in [-0.1, -0.05) is 17.4 Å². The normalized spacial score (nSPS) is 11.5. The molecule has 0 radical (unpaired) electrons. The van der Waals surface area contributed by atoms with E-state index < -0.39 is 17.6 Å². The number of carbonyl (C=O) groups excluding carboxylic acids is 2. The standard InChI is InChI=1S/C25H26N6O8S/c1-13(12-35-3)38-21-15(20-16(36-4)7-6-8-17(20)37-5)11-18(39-23(21)34)22(33)28-24-29-30-25(40-24)31-19(9-10-26-31)27-14(2)32/h6-11,13H,12H2,1-5H3,(H,27,32)(H,28,29,33)/t13-/m0/s1. The highest BCUT2D eigenvalue weighted by molar-refractivity contribution is 7.17. The van der Waals surface area contributed by atoms with Crippen molar-refractivity contribution in [2.75, 3.05) is 38.6 Å². The third kappa shape index (κ3) is 6.10. The van der Waals surface area contributed by atoms with Gasteiger partial charge in [-0.05, 0) is 25.1 Å². The second kappa shape index (κ2) is 12.4. The molecule has 0 bridgehead atoms. The third-order valence-corrected chi connectivity index (χ3v) is 6.13. The minimum atomic E-state index is -0.895. The molecule has 0 aliphatic rings. The predicted octanol–water partition coefficient (Wildman–Crippen LogP) is 2.99. The molecule has 4 rings (SSSR count). The highest BCUT2D eigenvalue weighted by atomic mass is 32.1. The number of benzene rings is 1. The first-order chi connectivity index (χ1) is 19.2. The summed E-state index contributed by atoms with van der Waals surface area (Å²) in [5.41, 5.74) is -0.294. The van der Waals surface area contributed by atoms with Crippen LogP contribution in [0, 0.1) is 0 Å². The van der Waals surface area contributed by atoms with Crippen LogP contribution in [0.5, 0.6) is 17.2 Å². The third-order valence-electron chi connectivity index (χ3n) is 5.31. The fourth-order valence-electron chi connectivity index (χ4n) is 3.72. The van der Waals surface area contributed by atoms with E-state index in [1.54, 1.807) is 31.2 Å². The van der Waals surface area contributed by atoms with Gasteiger partial charge in [0.15, 0.2) is 5.76 Å². The van der Waals surface area contributed by atoms with Crippen LogP contribution in [0.25, 0.3) is 16.3 Å². The number of methoxy groups -OCH3 is 3. The van der Waals surface area contributed by atoms with Gasteiger partial charge in [0.25, 0.3) is 5.91 Å². The summed E-state index contributed by atoms with van der Waals surface area (Å²) in [4.78, 5) is 37.8. The second-order valence-corrected chi connectivity index (χ2v) is 9.17. The van der Waals surface area contributed by atoms with Gasteiger partial charge in [0.1, 0.15) is 23.4 Å². The van der Waals surface area contributed by atoms with Crippen LogP contribution in [0.15, 0.2) is 45.7 Å². The van der Waals surface area contributed by atoms with Crippen molar-refractivity contribution in [2.24, 2.45) is 0 Å². The lowest BCUT2D eigenvalue weighted by Crippen LogP contribution is -2.23. The van der Waals surface area contributed by atoms with E-state index in [9.17, 15) is 14.4 Å². The van der Waals surface area contributed by atoms with E-state index in [2.05, 4.69) is 25.9 Å². The van der Waals surface area contributed by atoms with Crippen molar-refractivity contribution < 1.29 is 33.0 Å². The molecule has 14 nitrogen and oxygen atoms in total. The van der Waals surface area contributed by atoms with Gasteiger partial charge in [0.05, 0.1) is 32.6 Å². The fraction of sp³-hybridized carbons (Fsp3) is 0.280. The van der Waals surface area contributed by atoms with Crippen molar-refractivity contribution >= 4 is 34.1 Å². The molecular formula is C25H26N6O8S. The number of anilines is 2. The average Bonchev–Trinajstić information content (AvgIpc) is 3.58. The molecule has 0 aliphatic heterocycles.